The molecule has 0 aliphatic heterocycles. The number of likely N-dealkylation sites (N-methyl/N-ethyl adjacent to an activating group) is 1. The third kappa shape index (κ3) is 10.5. The van der Waals surface area contributed by atoms with E-state index in [1.165, 1.54) is 23.5 Å². The molecule has 48 heavy (non-hydrogen) atoms. The molecule has 250 valence electrons. The van der Waals surface area contributed by atoms with Crippen LogP contribution in [0.4, 0.5) is 13.2 Å². The molecule has 0 aliphatic carbocycles. The van der Waals surface area contributed by atoms with Gasteiger partial charge >= 0.3 is 6.18 Å². The van der Waals surface area contributed by atoms with E-state index in [1.54, 1.807) is 16.3 Å². The fourth-order valence-electron chi connectivity index (χ4n) is 5.17. The summed E-state index contributed by atoms with van der Waals surface area (Å²) in [6.45, 7) is 3.24. The number of alkyl halides is 3. The van der Waals surface area contributed by atoms with Gasteiger partial charge in [-0.3, -0.25) is 9.69 Å². The van der Waals surface area contributed by atoms with Crippen LogP contribution < -0.4 is 4.74 Å². The Kier molecular flexibility index (Phi) is 12.0. The Labute approximate surface area is 284 Å². The molecule has 6 nitrogen and oxygen atoms in total. The number of aromatic nitrogens is 1. The number of amides is 1. The molecule has 0 aliphatic rings. The van der Waals surface area contributed by atoms with Gasteiger partial charge in [-0.25, -0.2) is 4.98 Å². The van der Waals surface area contributed by atoms with Crippen LogP contribution in [0, 0.1) is 0 Å². The number of hydrogen-bond donors (Lipinski definition) is 0. The van der Waals surface area contributed by atoms with Crippen molar-refractivity contribution >= 4 is 17.2 Å². The van der Waals surface area contributed by atoms with Crippen LogP contribution >= 0.6 is 11.3 Å². The summed E-state index contributed by atoms with van der Waals surface area (Å²) in [5, 5.41) is 2.48. The first-order chi connectivity index (χ1) is 23.1. The fourth-order valence-corrected chi connectivity index (χ4v) is 5.98. The van der Waals surface area contributed by atoms with Crippen LogP contribution in [-0.2, 0) is 39.0 Å². The van der Waals surface area contributed by atoms with Gasteiger partial charge in [0.25, 0.3) is 5.91 Å². The Bertz CT molecular complexity index is 1730. The number of benzene rings is 4. The minimum atomic E-state index is -4.43. The summed E-state index contributed by atoms with van der Waals surface area (Å²) in [6, 6.07) is 32.9. The molecule has 0 bridgehead atoms. The van der Waals surface area contributed by atoms with Crippen molar-refractivity contribution in [1.82, 2.24) is 19.7 Å². The van der Waals surface area contributed by atoms with Crippen molar-refractivity contribution in [2.24, 2.45) is 0 Å². The summed E-state index contributed by atoms with van der Waals surface area (Å²) in [5.41, 5.74) is 3.29. The lowest BCUT2D eigenvalue weighted by molar-refractivity contribution is -0.137. The molecule has 0 fully saturated rings. The lowest BCUT2D eigenvalue weighted by atomic mass is 10.1. The standard InChI is InChI=1S/C38H39F3N4O2S/c1-43(2)20-21-45(25-29-10-5-3-6-11-29)37(46)35-28-48-36(42-35)26-44(24-32-14-9-15-33(22-32)38(39,40)41)23-30-16-18-34(19-17-30)47-27-31-12-7-4-8-13-31/h3-19,22,28H,20-21,23-27H2,1-2H3. The Hall–Kier alpha value is -4.51. The van der Waals surface area contributed by atoms with Gasteiger partial charge in [-0.1, -0.05) is 91.0 Å². The third-order valence-corrected chi connectivity index (χ3v) is 8.52. The maximum atomic E-state index is 13.7. The van der Waals surface area contributed by atoms with E-state index in [1.807, 2.05) is 109 Å². The number of hydrogen-bond acceptors (Lipinski definition) is 6. The monoisotopic (exact) mass is 672 g/mol. The Morgan fingerprint density at radius 3 is 2.02 bits per heavy atom. The SMILES string of the molecule is CN(C)CCN(Cc1ccccc1)C(=O)c1csc(CN(Cc2ccc(OCc3ccccc3)cc2)Cc2cccc(C(F)(F)F)c2)n1. The van der Waals surface area contributed by atoms with Crippen LogP contribution in [0.15, 0.2) is 115 Å². The van der Waals surface area contributed by atoms with Crippen LogP contribution in [0.25, 0.3) is 0 Å². The van der Waals surface area contributed by atoms with Gasteiger partial charge in [0, 0.05) is 38.1 Å². The molecule has 0 radical (unpaired) electrons. The molecule has 1 aromatic heterocycles. The summed E-state index contributed by atoms with van der Waals surface area (Å²) in [7, 11) is 3.94. The number of carbonyl (C=O) groups excluding carboxylic acids is 1. The maximum absolute atomic E-state index is 13.7. The van der Waals surface area contributed by atoms with Crippen molar-refractivity contribution in [3.8, 4) is 5.75 Å². The number of rotatable bonds is 15. The largest absolute Gasteiger partial charge is 0.489 e. The van der Waals surface area contributed by atoms with Crippen molar-refractivity contribution in [1.29, 1.82) is 0 Å². The van der Waals surface area contributed by atoms with Crippen LogP contribution in [0.1, 0.15) is 43.3 Å². The van der Waals surface area contributed by atoms with Gasteiger partial charge in [0.05, 0.1) is 12.1 Å². The van der Waals surface area contributed by atoms with Gasteiger partial charge in [0.1, 0.15) is 23.1 Å². The van der Waals surface area contributed by atoms with Crippen molar-refractivity contribution < 1.29 is 22.7 Å². The molecule has 0 spiro atoms. The molecule has 0 N–H and O–H groups in total. The average Bonchev–Trinajstić information content (AvgIpc) is 3.55. The van der Waals surface area contributed by atoms with E-state index in [0.717, 1.165) is 28.5 Å². The normalized spacial score (nSPS) is 11.6. The Balaban J connectivity index is 1.32. The Morgan fingerprint density at radius 1 is 0.729 bits per heavy atom. The minimum Gasteiger partial charge on any atom is -0.489 e. The van der Waals surface area contributed by atoms with Crippen molar-refractivity contribution in [3.63, 3.8) is 0 Å². The van der Waals surface area contributed by atoms with E-state index >= 15 is 0 Å². The molecule has 1 amide bonds. The van der Waals surface area contributed by atoms with Crippen LogP contribution in [-0.4, -0.2) is 52.8 Å². The molecule has 10 heteroatoms. The van der Waals surface area contributed by atoms with E-state index in [0.29, 0.717) is 55.6 Å². The molecular weight excluding hydrogens is 634 g/mol. The third-order valence-electron chi connectivity index (χ3n) is 7.69. The van der Waals surface area contributed by atoms with Crippen LogP contribution in [0.3, 0.4) is 0 Å². The summed E-state index contributed by atoms with van der Waals surface area (Å²) in [5.74, 6) is 0.572. The van der Waals surface area contributed by atoms with Gasteiger partial charge in [0.2, 0.25) is 0 Å². The van der Waals surface area contributed by atoms with E-state index < -0.39 is 11.7 Å². The van der Waals surface area contributed by atoms with Crippen molar-refractivity contribution in [2.75, 3.05) is 27.2 Å². The highest BCUT2D eigenvalue weighted by atomic mass is 32.1. The topological polar surface area (TPSA) is 48.9 Å². The maximum Gasteiger partial charge on any atom is 0.416 e. The molecule has 4 aromatic carbocycles. The number of carbonyl (C=O) groups is 1. The average molecular weight is 673 g/mol. The number of halogens is 3. The van der Waals surface area contributed by atoms with E-state index in [4.69, 9.17) is 9.72 Å². The number of nitrogens with zero attached hydrogens (tertiary/aromatic N) is 4. The molecule has 1 heterocycles. The second-order valence-corrected chi connectivity index (χ2v) is 12.8. The predicted octanol–water partition coefficient (Wildman–Crippen LogP) is 8.15. The highest BCUT2D eigenvalue weighted by Crippen LogP contribution is 2.30. The van der Waals surface area contributed by atoms with Crippen molar-refractivity contribution in [2.45, 2.75) is 39.0 Å². The fraction of sp³-hybridized carbons (Fsp3) is 0.263. The summed E-state index contributed by atoms with van der Waals surface area (Å²) < 4.78 is 46.5. The summed E-state index contributed by atoms with van der Waals surface area (Å²) in [6.07, 6.45) is -4.43. The van der Waals surface area contributed by atoms with Gasteiger partial charge in [-0.15, -0.1) is 11.3 Å². The summed E-state index contributed by atoms with van der Waals surface area (Å²) >= 11 is 1.38. The molecule has 0 saturated carbocycles. The molecule has 5 rings (SSSR count). The lowest BCUT2D eigenvalue weighted by Crippen LogP contribution is -2.36. The van der Waals surface area contributed by atoms with Crippen LogP contribution in [0.2, 0.25) is 0 Å². The number of ether oxygens (including phenoxy) is 1. The second kappa shape index (κ2) is 16.5. The zero-order valence-corrected chi connectivity index (χ0v) is 27.9. The number of thiazole rings is 1. The summed E-state index contributed by atoms with van der Waals surface area (Å²) in [4.78, 5) is 24.3. The van der Waals surface area contributed by atoms with Gasteiger partial charge in [0.15, 0.2) is 0 Å². The lowest BCUT2D eigenvalue weighted by Gasteiger charge is -2.24. The van der Waals surface area contributed by atoms with Crippen molar-refractivity contribution in [3.05, 3.63) is 153 Å². The minimum absolute atomic E-state index is 0.154. The molecular formula is C38H39F3N4O2S. The van der Waals surface area contributed by atoms with Gasteiger partial charge in [-0.05, 0) is 54.5 Å². The molecule has 0 atom stereocenters. The van der Waals surface area contributed by atoms with E-state index in [2.05, 4.69) is 0 Å². The van der Waals surface area contributed by atoms with Gasteiger partial charge in [-0.2, -0.15) is 13.2 Å². The molecule has 0 unspecified atom stereocenters. The predicted molar refractivity (Wildman–Crippen MR) is 183 cm³/mol. The van der Waals surface area contributed by atoms with E-state index in [9.17, 15) is 18.0 Å². The highest BCUT2D eigenvalue weighted by Gasteiger charge is 2.30. The zero-order valence-electron chi connectivity index (χ0n) is 27.1. The molecule has 0 saturated heterocycles. The van der Waals surface area contributed by atoms with Crippen LogP contribution in [0.5, 0.6) is 5.75 Å². The molecule has 5 aromatic rings. The Morgan fingerprint density at radius 2 is 1.35 bits per heavy atom. The zero-order chi connectivity index (χ0) is 33.9. The smallest absolute Gasteiger partial charge is 0.416 e. The highest BCUT2D eigenvalue weighted by molar-refractivity contribution is 7.09. The second-order valence-electron chi connectivity index (χ2n) is 11.9. The quantitative estimate of drug-likeness (QED) is 0.112. The first-order valence-electron chi connectivity index (χ1n) is 15.7. The first kappa shape index (κ1) is 34.8. The first-order valence-corrected chi connectivity index (χ1v) is 16.6. The van der Waals surface area contributed by atoms with E-state index in [-0.39, 0.29) is 12.5 Å². The van der Waals surface area contributed by atoms with Gasteiger partial charge < -0.3 is 14.5 Å².